The molecule has 0 N–H and O–H groups in total. The predicted molar refractivity (Wildman–Crippen MR) is 80.2 cm³/mol. The molecular weight excluding hydrogens is 272 g/mol. The Morgan fingerprint density at radius 1 is 1.45 bits per heavy atom. The van der Waals surface area contributed by atoms with Gasteiger partial charge in [-0.15, -0.1) is 0 Å². The average Bonchev–Trinajstić information content (AvgIpc) is 2.83. The maximum atomic E-state index is 12.2. The highest BCUT2D eigenvalue weighted by atomic mass is 32.2. The maximum absolute atomic E-state index is 12.2. The van der Waals surface area contributed by atoms with Gasteiger partial charge in [-0.05, 0) is 38.3 Å². The highest BCUT2D eigenvalue weighted by Crippen LogP contribution is 2.15. The molecule has 108 valence electrons. The van der Waals surface area contributed by atoms with Crippen LogP contribution in [-0.2, 0) is 21.3 Å². The lowest BCUT2D eigenvalue weighted by Gasteiger charge is -2.21. The SMILES string of the molecule is Cc1cccc2nc(C[S@](=O)C[C@@H]3CCCCO3)cn12. The van der Waals surface area contributed by atoms with E-state index >= 15 is 0 Å². The standard InChI is InChI=1S/C15H20N2O2S/c1-12-5-4-7-15-16-13(9-17(12)15)10-20(18)11-14-6-2-3-8-19-14/h4-5,7,9,14H,2-3,6,8,10-11H2,1H3/t14-,20-/m0/s1. The molecule has 0 aliphatic carbocycles. The van der Waals surface area contributed by atoms with Gasteiger partial charge in [0, 0.05) is 29.3 Å². The highest BCUT2D eigenvalue weighted by Gasteiger charge is 2.17. The van der Waals surface area contributed by atoms with E-state index in [2.05, 4.69) is 4.98 Å². The molecular formula is C15H20N2O2S. The van der Waals surface area contributed by atoms with Crippen LogP contribution in [-0.4, -0.2) is 32.1 Å². The van der Waals surface area contributed by atoms with Crippen molar-refractivity contribution in [3.63, 3.8) is 0 Å². The van der Waals surface area contributed by atoms with Gasteiger partial charge < -0.3 is 9.14 Å². The number of aryl methyl sites for hydroxylation is 1. The Morgan fingerprint density at radius 3 is 3.10 bits per heavy atom. The van der Waals surface area contributed by atoms with Gasteiger partial charge in [-0.1, -0.05) is 6.07 Å². The molecule has 1 aliphatic heterocycles. The molecule has 5 heteroatoms. The highest BCUT2D eigenvalue weighted by molar-refractivity contribution is 7.84. The van der Waals surface area contributed by atoms with Crippen molar-refractivity contribution in [3.05, 3.63) is 35.8 Å². The summed E-state index contributed by atoms with van der Waals surface area (Å²) in [6.07, 6.45) is 5.52. The van der Waals surface area contributed by atoms with Crippen molar-refractivity contribution in [3.8, 4) is 0 Å². The Morgan fingerprint density at radius 2 is 2.35 bits per heavy atom. The summed E-state index contributed by atoms with van der Waals surface area (Å²) in [5, 5.41) is 0. The molecule has 2 aromatic rings. The van der Waals surface area contributed by atoms with Crippen LogP contribution < -0.4 is 0 Å². The molecule has 1 saturated heterocycles. The largest absolute Gasteiger partial charge is 0.377 e. The van der Waals surface area contributed by atoms with Crippen molar-refractivity contribution in [1.82, 2.24) is 9.38 Å². The second-order valence-electron chi connectivity index (χ2n) is 5.37. The van der Waals surface area contributed by atoms with Gasteiger partial charge in [-0.25, -0.2) is 4.98 Å². The molecule has 3 heterocycles. The second kappa shape index (κ2) is 6.06. The van der Waals surface area contributed by atoms with Gasteiger partial charge >= 0.3 is 0 Å². The van der Waals surface area contributed by atoms with E-state index in [1.807, 2.05) is 35.7 Å². The van der Waals surface area contributed by atoms with Crippen LogP contribution in [0.2, 0.25) is 0 Å². The normalized spacial score (nSPS) is 21.1. The van der Waals surface area contributed by atoms with Crippen molar-refractivity contribution in [2.24, 2.45) is 0 Å². The van der Waals surface area contributed by atoms with Crippen LogP contribution in [0.4, 0.5) is 0 Å². The second-order valence-corrected chi connectivity index (χ2v) is 6.87. The molecule has 0 saturated carbocycles. The lowest BCUT2D eigenvalue weighted by molar-refractivity contribution is 0.0310. The van der Waals surface area contributed by atoms with E-state index in [1.165, 1.54) is 6.42 Å². The van der Waals surface area contributed by atoms with Crippen molar-refractivity contribution >= 4 is 16.4 Å². The number of nitrogens with zero attached hydrogens (tertiary/aromatic N) is 2. The zero-order valence-electron chi connectivity index (χ0n) is 11.7. The molecule has 0 aromatic carbocycles. The number of ether oxygens (including phenoxy) is 1. The van der Waals surface area contributed by atoms with Crippen LogP contribution in [0.3, 0.4) is 0 Å². The first-order valence-corrected chi connectivity index (χ1v) is 8.61. The third kappa shape index (κ3) is 3.10. The number of fused-ring (bicyclic) bond motifs is 1. The zero-order valence-corrected chi connectivity index (χ0v) is 12.6. The summed E-state index contributed by atoms with van der Waals surface area (Å²) in [5.41, 5.74) is 2.96. The van der Waals surface area contributed by atoms with E-state index in [9.17, 15) is 4.21 Å². The van der Waals surface area contributed by atoms with Gasteiger partial charge in [0.15, 0.2) is 0 Å². The lowest BCUT2D eigenvalue weighted by atomic mass is 10.1. The first kappa shape index (κ1) is 13.8. The Bertz CT molecular complexity index is 617. The number of imidazole rings is 1. The topological polar surface area (TPSA) is 43.6 Å². The minimum atomic E-state index is -0.903. The Balaban J connectivity index is 1.66. The first-order chi connectivity index (χ1) is 9.72. The molecule has 1 aliphatic rings. The van der Waals surface area contributed by atoms with Gasteiger partial charge in [0.2, 0.25) is 0 Å². The summed E-state index contributed by atoms with van der Waals surface area (Å²) >= 11 is 0. The third-order valence-electron chi connectivity index (χ3n) is 3.70. The molecule has 0 unspecified atom stereocenters. The van der Waals surface area contributed by atoms with Gasteiger partial charge in [0.25, 0.3) is 0 Å². The summed E-state index contributed by atoms with van der Waals surface area (Å²) in [7, 11) is -0.903. The van der Waals surface area contributed by atoms with Gasteiger partial charge in [-0.2, -0.15) is 0 Å². The lowest BCUT2D eigenvalue weighted by Crippen LogP contribution is -2.25. The molecule has 20 heavy (non-hydrogen) atoms. The smallest absolute Gasteiger partial charge is 0.137 e. The summed E-state index contributed by atoms with van der Waals surface area (Å²) in [6.45, 7) is 2.86. The molecule has 0 bridgehead atoms. The van der Waals surface area contributed by atoms with Crippen LogP contribution in [0.1, 0.15) is 30.7 Å². The minimum absolute atomic E-state index is 0.170. The van der Waals surface area contributed by atoms with E-state index in [0.29, 0.717) is 11.5 Å². The number of hydrogen-bond acceptors (Lipinski definition) is 3. The maximum Gasteiger partial charge on any atom is 0.137 e. The molecule has 0 radical (unpaired) electrons. The molecule has 2 aromatic heterocycles. The average molecular weight is 292 g/mol. The fourth-order valence-corrected chi connectivity index (χ4v) is 3.90. The quantitative estimate of drug-likeness (QED) is 0.869. The van der Waals surface area contributed by atoms with Crippen LogP contribution in [0.5, 0.6) is 0 Å². The Labute approximate surface area is 121 Å². The molecule has 4 nitrogen and oxygen atoms in total. The van der Waals surface area contributed by atoms with E-state index < -0.39 is 10.8 Å². The number of hydrogen-bond donors (Lipinski definition) is 0. The van der Waals surface area contributed by atoms with E-state index in [4.69, 9.17) is 4.74 Å². The third-order valence-corrected chi connectivity index (χ3v) is 5.06. The van der Waals surface area contributed by atoms with Gasteiger partial charge in [0.05, 0.1) is 23.3 Å². The molecule has 2 atom stereocenters. The van der Waals surface area contributed by atoms with Crippen LogP contribution in [0.25, 0.3) is 5.65 Å². The van der Waals surface area contributed by atoms with Crippen molar-refractivity contribution in [2.45, 2.75) is 38.0 Å². The fraction of sp³-hybridized carbons (Fsp3) is 0.533. The number of pyridine rings is 1. The van der Waals surface area contributed by atoms with E-state index in [-0.39, 0.29) is 6.10 Å². The predicted octanol–water partition coefficient (Wildman–Crippen LogP) is 2.46. The number of rotatable bonds is 4. The monoisotopic (exact) mass is 292 g/mol. The van der Waals surface area contributed by atoms with Crippen LogP contribution in [0, 0.1) is 6.92 Å². The van der Waals surface area contributed by atoms with Crippen molar-refractivity contribution in [2.75, 3.05) is 12.4 Å². The molecule has 1 fully saturated rings. The number of aromatic nitrogens is 2. The molecule has 0 spiro atoms. The molecule has 0 amide bonds. The fourth-order valence-electron chi connectivity index (χ4n) is 2.64. The van der Waals surface area contributed by atoms with Crippen molar-refractivity contribution in [1.29, 1.82) is 0 Å². The molecule has 3 rings (SSSR count). The summed E-state index contributed by atoms with van der Waals surface area (Å²) in [5.74, 6) is 1.15. The Hall–Kier alpha value is -1.20. The van der Waals surface area contributed by atoms with E-state index in [0.717, 1.165) is 36.5 Å². The minimum Gasteiger partial charge on any atom is -0.377 e. The first-order valence-electron chi connectivity index (χ1n) is 7.12. The summed E-state index contributed by atoms with van der Waals surface area (Å²) in [4.78, 5) is 4.54. The van der Waals surface area contributed by atoms with Crippen LogP contribution >= 0.6 is 0 Å². The van der Waals surface area contributed by atoms with Crippen molar-refractivity contribution < 1.29 is 8.95 Å². The van der Waals surface area contributed by atoms with Gasteiger partial charge in [-0.3, -0.25) is 4.21 Å². The summed E-state index contributed by atoms with van der Waals surface area (Å²) in [6, 6.07) is 6.02. The van der Waals surface area contributed by atoms with E-state index in [1.54, 1.807) is 0 Å². The zero-order chi connectivity index (χ0) is 13.9. The van der Waals surface area contributed by atoms with Crippen LogP contribution in [0.15, 0.2) is 24.4 Å². The van der Waals surface area contributed by atoms with Gasteiger partial charge in [0.1, 0.15) is 5.65 Å². The Kier molecular flexibility index (Phi) is 4.17. The summed E-state index contributed by atoms with van der Waals surface area (Å²) < 4.78 is 19.9.